The Bertz CT molecular complexity index is 892. The van der Waals surface area contributed by atoms with Gasteiger partial charge in [0.25, 0.3) is 0 Å². The first-order valence-electron chi connectivity index (χ1n) is 8.18. The molecule has 1 aliphatic heterocycles. The smallest absolute Gasteiger partial charge is 0.214 e. The lowest BCUT2D eigenvalue weighted by molar-refractivity contribution is 0.171. The SMILES string of the molecule is CC(C)Oc1cc(-c2nc(-c3ccc4c(c3)OCCO4)cs2)ccn1. The number of aromatic nitrogens is 2. The Morgan fingerprint density at radius 1 is 1.04 bits per heavy atom. The first-order chi connectivity index (χ1) is 12.2. The first-order valence-corrected chi connectivity index (χ1v) is 9.05. The van der Waals surface area contributed by atoms with Crippen molar-refractivity contribution in [3.63, 3.8) is 0 Å². The van der Waals surface area contributed by atoms with Crippen LogP contribution in [0.1, 0.15) is 13.8 Å². The number of fused-ring (bicyclic) bond motifs is 1. The number of benzene rings is 1. The van der Waals surface area contributed by atoms with Gasteiger partial charge in [0, 0.05) is 28.8 Å². The molecule has 4 rings (SSSR count). The van der Waals surface area contributed by atoms with Crippen LogP contribution in [0.25, 0.3) is 21.8 Å². The van der Waals surface area contributed by atoms with Gasteiger partial charge < -0.3 is 14.2 Å². The van der Waals surface area contributed by atoms with Crippen molar-refractivity contribution in [2.24, 2.45) is 0 Å². The topological polar surface area (TPSA) is 53.5 Å². The van der Waals surface area contributed by atoms with E-state index in [9.17, 15) is 0 Å². The molecular formula is C19H18N2O3S. The fraction of sp³-hybridized carbons (Fsp3) is 0.263. The van der Waals surface area contributed by atoms with Crippen LogP contribution in [0.4, 0.5) is 0 Å². The van der Waals surface area contributed by atoms with Crippen LogP contribution >= 0.6 is 11.3 Å². The third-order valence-electron chi connectivity index (χ3n) is 3.68. The minimum absolute atomic E-state index is 0.0901. The molecule has 0 saturated heterocycles. The van der Waals surface area contributed by atoms with Crippen LogP contribution in [0.3, 0.4) is 0 Å². The minimum atomic E-state index is 0.0901. The molecule has 0 fully saturated rings. The molecular weight excluding hydrogens is 336 g/mol. The van der Waals surface area contributed by atoms with Gasteiger partial charge in [-0.3, -0.25) is 0 Å². The molecule has 0 saturated carbocycles. The average molecular weight is 354 g/mol. The number of hydrogen-bond acceptors (Lipinski definition) is 6. The summed E-state index contributed by atoms with van der Waals surface area (Å²) in [6.45, 7) is 5.14. The molecule has 0 bridgehead atoms. The summed E-state index contributed by atoms with van der Waals surface area (Å²) in [4.78, 5) is 9.00. The maximum absolute atomic E-state index is 5.67. The molecule has 2 aromatic heterocycles. The number of thiazole rings is 1. The van der Waals surface area contributed by atoms with Gasteiger partial charge >= 0.3 is 0 Å². The normalized spacial score (nSPS) is 13.1. The average Bonchev–Trinajstić information content (AvgIpc) is 3.11. The number of nitrogens with zero attached hydrogens (tertiary/aromatic N) is 2. The van der Waals surface area contributed by atoms with Crippen molar-refractivity contribution < 1.29 is 14.2 Å². The summed E-state index contributed by atoms with van der Waals surface area (Å²) in [5, 5.41) is 2.98. The van der Waals surface area contributed by atoms with Crippen molar-refractivity contribution in [1.29, 1.82) is 0 Å². The Hall–Kier alpha value is -2.60. The summed E-state index contributed by atoms with van der Waals surface area (Å²) in [5.41, 5.74) is 2.93. The van der Waals surface area contributed by atoms with Crippen molar-refractivity contribution in [3.8, 4) is 39.2 Å². The van der Waals surface area contributed by atoms with E-state index in [4.69, 9.17) is 19.2 Å². The summed E-state index contributed by atoms with van der Waals surface area (Å²) < 4.78 is 16.9. The maximum Gasteiger partial charge on any atom is 0.214 e. The Morgan fingerprint density at radius 2 is 1.88 bits per heavy atom. The van der Waals surface area contributed by atoms with E-state index < -0.39 is 0 Å². The standard InChI is InChI=1S/C19H18N2O3S/c1-12(2)24-18-10-14(5-6-20-18)19-21-15(11-25-19)13-3-4-16-17(9-13)23-8-7-22-16/h3-6,9-12H,7-8H2,1-2H3. The lowest BCUT2D eigenvalue weighted by Gasteiger charge is -2.18. The molecule has 0 N–H and O–H groups in total. The van der Waals surface area contributed by atoms with Gasteiger partial charge in [-0.15, -0.1) is 11.3 Å². The Balaban J connectivity index is 1.62. The van der Waals surface area contributed by atoms with E-state index in [-0.39, 0.29) is 6.10 Å². The van der Waals surface area contributed by atoms with Gasteiger partial charge in [0.15, 0.2) is 11.5 Å². The van der Waals surface area contributed by atoms with Crippen molar-refractivity contribution in [1.82, 2.24) is 9.97 Å². The van der Waals surface area contributed by atoms with Gasteiger partial charge in [-0.05, 0) is 38.1 Å². The molecule has 3 aromatic rings. The maximum atomic E-state index is 5.67. The Morgan fingerprint density at radius 3 is 2.72 bits per heavy atom. The second-order valence-corrected chi connectivity index (χ2v) is 6.80. The minimum Gasteiger partial charge on any atom is -0.486 e. The molecule has 128 valence electrons. The summed E-state index contributed by atoms with van der Waals surface area (Å²) >= 11 is 1.60. The third kappa shape index (κ3) is 3.44. The van der Waals surface area contributed by atoms with Crippen molar-refractivity contribution >= 4 is 11.3 Å². The molecule has 0 spiro atoms. The fourth-order valence-electron chi connectivity index (χ4n) is 2.59. The molecule has 25 heavy (non-hydrogen) atoms. The van der Waals surface area contributed by atoms with Crippen LogP contribution in [0.5, 0.6) is 17.4 Å². The van der Waals surface area contributed by atoms with Gasteiger partial charge in [-0.1, -0.05) is 0 Å². The summed E-state index contributed by atoms with van der Waals surface area (Å²) in [7, 11) is 0. The molecule has 1 aliphatic rings. The number of ether oxygens (including phenoxy) is 3. The second kappa shape index (κ2) is 6.72. The molecule has 3 heterocycles. The van der Waals surface area contributed by atoms with E-state index in [0.29, 0.717) is 19.1 Å². The summed E-state index contributed by atoms with van der Waals surface area (Å²) in [6, 6.07) is 9.79. The van der Waals surface area contributed by atoms with Crippen molar-refractivity contribution in [2.75, 3.05) is 13.2 Å². The van der Waals surface area contributed by atoms with Crippen molar-refractivity contribution in [2.45, 2.75) is 20.0 Å². The van der Waals surface area contributed by atoms with E-state index >= 15 is 0 Å². The van der Waals surface area contributed by atoms with Crippen LogP contribution in [0.15, 0.2) is 41.9 Å². The predicted molar refractivity (Wildman–Crippen MR) is 97.5 cm³/mol. The van der Waals surface area contributed by atoms with Gasteiger partial charge in [-0.2, -0.15) is 0 Å². The Labute approximate surface area is 150 Å². The Kier molecular flexibility index (Phi) is 4.28. The van der Waals surface area contributed by atoms with E-state index in [1.165, 1.54) is 0 Å². The summed E-state index contributed by atoms with van der Waals surface area (Å²) in [6.07, 6.45) is 1.84. The van der Waals surface area contributed by atoms with Crippen LogP contribution in [-0.4, -0.2) is 29.3 Å². The lowest BCUT2D eigenvalue weighted by Crippen LogP contribution is -2.15. The zero-order valence-corrected chi connectivity index (χ0v) is 14.9. The van der Waals surface area contributed by atoms with Crippen LogP contribution < -0.4 is 14.2 Å². The molecule has 0 unspecified atom stereocenters. The fourth-order valence-corrected chi connectivity index (χ4v) is 3.42. The highest BCUT2D eigenvalue weighted by Crippen LogP contribution is 2.36. The highest BCUT2D eigenvalue weighted by molar-refractivity contribution is 7.13. The number of rotatable bonds is 4. The second-order valence-electron chi connectivity index (χ2n) is 5.95. The van der Waals surface area contributed by atoms with E-state index in [1.807, 2.05) is 49.6 Å². The molecule has 6 heteroatoms. The van der Waals surface area contributed by atoms with Gasteiger partial charge in [-0.25, -0.2) is 9.97 Å². The molecule has 1 aromatic carbocycles. The van der Waals surface area contributed by atoms with Crippen LogP contribution in [0, 0.1) is 0 Å². The zero-order chi connectivity index (χ0) is 17.2. The summed E-state index contributed by atoms with van der Waals surface area (Å²) in [5.74, 6) is 2.17. The molecule has 0 amide bonds. The third-order valence-corrected chi connectivity index (χ3v) is 4.57. The van der Waals surface area contributed by atoms with Gasteiger partial charge in [0.1, 0.15) is 18.2 Å². The predicted octanol–water partition coefficient (Wildman–Crippen LogP) is 4.43. The first kappa shape index (κ1) is 15.9. The molecule has 0 aliphatic carbocycles. The molecule has 0 atom stereocenters. The van der Waals surface area contributed by atoms with E-state index in [0.717, 1.165) is 33.3 Å². The highest BCUT2D eigenvalue weighted by atomic mass is 32.1. The number of pyridine rings is 1. The lowest BCUT2D eigenvalue weighted by atomic mass is 10.1. The van der Waals surface area contributed by atoms with Crippen LogP contribution in [-0.2, 0) is 0 Å². The van der Waals surface area contributed by atoms with Gasteiger partial charge in [0.2, 0.25) is 5.88 Å². The number of hydrogen-bond donors (Lipinski definition) is 0. The van der Waals surface area contributed by atoms with Gasteiger partial charge in [0.05, 0.1) is 11.8 Å². The molecule has 5 nitrogen and oxygen atoms in total. The highest BCUT2D eigenvalue weighted by Gasteiger charge is 2.14. The zero-order valence-electron chi connectivity index (χ0n) is 14.1. The quantitative estimate of drug-likeness (QED) is 0.694. The van der Waals surface area contributed by atoms with Crippen molar-refractivity contribution in [3.05, 3.63) is 41.9 Å². The largest absolute Gasteiger partial charge is 0.486 e. The molecule has 0 radical (unpaired) electrons. The van der Waals surface area contributed by atoms with E-state index in [2.05, 4.69) is 4.98 Å². The monoisotopic (exact) mass is 354 g/mol. The van der Waals surface area contributed by atoms with E-state index in [1.54, 1.807) is 17.5 Å². The van der Waals surface area contributed by atoms with Crippen LogP contribution in [0.2, 0.25) is 0 Å².